The summed E-state index contributed by atoms with van der Waals surface area (Å²) in [6, 6.07) is -4.68. The highest BCUT2D eigenvalue weighted by Gasteiger charge is 2.41. The van der Waals surface area contributed by atoms with Gasteiger partial charge in [0.1, 0.15) is 47.1 Å². The Hall–Kier alpha value is -10.1. The van der Waals surface area contributed by atoms with Crippen LogP contribution in [0.3, 0.4) is 0 Å². The molecule has 4 heterocycles. The molecule has 606 valence electrons. The summed E-state index contributed by atoms with van der Waals surface area (Å²) in [5, 5.41) is 45.6. The Kier molecular flexibility index (Phi) is 35.2. The number of thiazole rings is 1. The molecule has 0 bridgehead atoms. The maximum absolute atomic E-state index is 14.5. The number of aromatic nitrogens is 1. The number of carboxylic acids is 1. The minimum atomic E-state index is -1.93. The first-order valence-electron chi connectivity index (χ1n) is 36.4. The molecule has 6 unspecified atom stereocenters. The molecule has 0 saturated carbocycles. The number of aliphatic hydroxyl groups excluding tert-OH is 1. The van der Waals surface area contributed by atoms with Crippen LogP contribution >= 0.6 is 11.3 Å². The Morgan fingerprint density at radius 3 is 1.91 bits per heavy atom. The fourth-order valence-electron chi connectivity index (χ4n) is 11.5. The van der Waals surface area contributed by atoms with Crippen LogP contribution in [0.15, 0.2) is 47.9 Å². The molecule has 5 rings (SSSR count). The predicted molar refractivity (Wildman–Crippen MR) is 396 cm³/mol. The molecular formula is C73H106N14O22S. The molecule has 0 radical (unpaired) electrons. The van der Waals surface area contributed by atoms with E-state index in [0.29, 0.717) is 12.0 Å². The third-order valence-electron chi connectivity index (χ3n) is 18.9. The summed E-state index contributed by atoms with van der Waals surface area (Å²) in [6.07, 6.45) is 0.283. The van der Waals surface area contributed by atoms with Crippen molar-refractivity contribution in [1.29, 1.82) is 0 Å². The molecule has 13 amide bonds. The fourth-order valence-corrected chi connectivity index (χ4v) is 12.3. The van der Waals surface area contributed by atoms with Crippen LogP contribution in [0.1, 0.15) is 148 Å². The van der Waals surface area contributed by atoms with E-state index in [2.05, 4.69) is 52.8 Å². The van der Waals surface area contributed by atoms with E-state index < -0.39 is 181 Å². The maximum atomic E-state index is 14.5. The number of imide groups is 1. The Morgan fingerprint density at radius 2 is 1.36 bits per heavy atom. The zero-order chi connectivity index (χ0) is 82.0. The molecule has 0 spiro atoms. The number of amides is 13. The first kappa shape index (κ1) is 90.5. The number of rotatable bonds is 28. The number of carbonyl (C=O) groups is 16. The number of hydrogen-bond donors (Lipinski definition) is 11. The summed E-state index contributed by atoms with van der Waals surface area (Å²) in [5.41, 5.74) is -0.866. The van der Waals surface area contributed by atoms with E-state index in [1.165, 1.54) is 55.3 Å². The van der Waals surface area contributed by atoms with Crippen molar-refractivity contribution in [3.05, 3.63) is 64.1 Å². The molecule has 36 nitrogen and oxygen atoms in total. The van der Waals surface area contributed by atoms with Crippen molar-refractivity contribution in [2.45, 2.75) is 188 Å². The van der Waals surface area contributed by atoms with Gasteiger partial charge >= 0.3 is 17.9 Å². The molecule has 0 fully saturated rings. The number of fused-ring (bicyclic) bond motifs is 1. The number of ether oxygens (including phenoxy) is 4. The van der Waals surface area contributed by atoms with Crippen LogP contribution in [0, 0.1) is 23.7 Å². The Morgan fingerprint density at radius 1 is 0.764 bits per heavy atom. The molecule has 3 aliphatic heterocycles. The largest absolute Gasteiger partial charge is 0.481 e. The summed E-state index contributed by atoms with van der Waals surface area (Å²) in [6.45, 7) is 15.6. The maximum Gasteiger partial charge on any atom is 0.313 e. The predicted octanol–water partition coefficient (Wildman–Crippen LogP) is -0.116. The Labute approximate surface area is 642 Å². The van der Waals surface area contributed by atoms with Crippen molar-refractivity contribution in [3.8, 4) is 5.75 Å². The number of hydrogen-bond acceptors (Lipinski definition) is 24. The monoisotopic (exact) mass is 1560 g/mol. The quantitative estimate of drug-likeness (QED) is 0.0301. The zero-order valence-corrected chi connectivity index (χ0v) is 65.5. The van der Waals surface area contributed by atoms with Crippen LogP contribution in [0.5, 0.6) is 5.75 Å². The van der Waals surface area contributed by atoms with E-state index in [1.807, 2.05) is 27.7 Å². The van der Waals surface area contributed by atoms with Gasteiger partial charge in [-0.25, -0.2) is 4.98 Å². The summed E-state index contributed by atoms with van der Waals surface area (Å²) in [4.78, 5) is 225. The number of esters is 2. The number of anilines is 1. The second-order valence-corrected chi connectivity index (χ2v) is 29.4. The minimum absolute atomic E-state index is 0.0362. The Balaban J connectivity index is 1.42. The number of nitrogens with one attached hydrogen (secondary N) is 9. The van der Waals surface area contributed by atoms with Crippen LogP contribution in [0.25, 0.3) is 0 Å². The van der Waals surface area contributed by atoms with Gasteiger partial charge in [0, 0.05) is 102 Å². The molecule has 3 aliphatic rings. The average Bonchev–Trinajstić information content (AvgIpc) is 1.08. The minimum Gasteiger partial charge on any atom is -0.481 e. The van der Waals surface area contributed by atoms with Gasteiger partial charge in [-0.2, -0.15) is 0 Å². The highest BCUT2D eigenvalue weighted by molar-refractivity contribution is 7.09. The highest BCUT2D eigenvalue weighted by atomic mass is 32.1. The van der Waals surface area contributed by atoms with E-state index in [4.69, 9.17) is 18.9 Å². The fraction of sp³-hybridized carbons (Fsp3) is 0.603. The van der Waals surface area contributed by atoms with Crippen molar-refractivity contribution in [2.75, 3.05) is 79.1 Å². The normalized spacial score (nSPS) is 20.8. The van der Waals surface area contributed by atoms with Gasteiger partial charge in [-0.1, -0.05) is 61.0 Å². The highest BCUT2D eigenvalue weighted by Crippen LogP contribution is 2.33. The van der Waals surface area contributed by atoms with E-state index in [-0.39, 0.29) is 118 Å². The standard InChI is InChI=1S/C73H106N14O22S/c1-15-41(6)61(83-72(105)73(10,11)84(12)13)70(102)85(14)49(39(2)3)37-51(108-44(9)88)69-79-48(38-110-69)65(98)77-46(34-42(7)71(103)104)35-45-16-17-50-47(36-45)78-64(97)43(8)76-68(101)60(40(4)5)80-54(91)24-30-106-32-26-74-66(99)62(81-52(89)22-28-86-55(92)18-19-56(86)93)63(67(100)75-27-33-107-31-25-59(96)109-50)82-53(90)23-29-87-57(94)20-21-58(87)95/h16-21,36,38-43,46,49,51,57,60-63,94H,15,22-35,37H2,1-14H3,(H,74,99)(H,75,100)(H,76,101)(H,77,98)(H,78,97)(H,80,91)(H,81,89)(H,82,90)(H,83,105)(H,103,104)/t41-,42?,43?,46+,49+,51+,57?,60?,61-,62?,63?/m0/s1. The molecule has 0 saturated heterocycles. The second-order valence-electron chi connectivity index (χ2n) is 28.5. The zero-order valence-electron chi connectivity index (χ0n) is 64.6. The molecular weight excluding hydrogens is 1460 g/mol. The van der Waals surface area contributed by atoms with Crippen molar-refractivity contribution >= 4 is 112 Å². The number of carbonyl (C=O) groups excluding carboxylic acids is 15. The lowest BCUT2D eigenvalue weighted by Gasteiger charge is -2.38. The molecule has 1 aromatic carbocycles. The third kappa shape index (κ3) is 27.2. The van der Waals surface area contributed by atoms with Gasteiger partial charge in [0.25, 0.3) is 17.7 Å². The van der Waals surface area contributed by atoms with Crippen LogP contribution in [0.4, 0.5) is 5.69 Å². The van der Waals surface area contributed by atoms with E-state index >= 15 is 0 Å². The average molecular weight is 1560 g/mol. The summed E-state index contributed by atoms with van der Waals surface area (Å²) in [7, 11) is 5.13. The smallest absolute Gasteiger partial charge is 0.313 e. The lowest BCUT2D eigenvalue weighted by atomic mass is 9.92. The number of likely N-dealkylation sites (N-methyl/N-ethyl adjacent to an activating group) is 2. The lowest BCUT2D eigenvalue weighted by Crippen LogP contribution is -2.64. The van der Waals surface area contributed by atoms with Gasteiger partial charge < -0.3 is 86.8 Å². The molecule has 1 aromatic heterocycles. The first-order valence-corrected chi connectivity index (χ1v) is 37.3. The molecule has 11 atom stereocenters. The second kappa shape index (κ2) is 42.7. The molecule has 37 heteroatoms. The topological polar surface area (TPSA) is 485 Å². The van der Waals surface area contributed by atoms with Gasteiger partial charge in [-0.05, 0) is 89.2 Å². The van der Waals surface area contributed by atoms with Crippen LogP contribution in [-0.2, 0) is 92.5 Å². The van der Waals surface area contributed by atoms with Gasteiger partial charge in [-0.3, -0.25) is 86.5 Å². The summed E-state index contributed by atoms with van der Waals surface area (Å²) in [5.74, 6) is -14.9. The molecule has 110 heavy (non-hydrogen) atoms. The Bertz CT molecular complexity index is 3730. The SMILES string of the molecule is CC[C@H](C)[C@H](NC(=O)C(C)(C)N(C)C)C(=O)N(C)[C@H](C[C@@H](OC(C)=O)c1nc(C(=O)N[C@@H](Cc2ccc3c(c2)NC(=O)C(C)NC(=O)C(C(C)C)NC(=O)CCOCCNC(=O)C(NC(=O)CCN2C(=O)C=CC2=O)C(NC(=O)CCN2C(=O)C=CC2O)C(=O)NCCOCCC(=O)O3)CC(C)C(=O)O)cs1)C(C)C. The number of carboxylic acid groups (broad SMARTS) is 1. The van der Waals surface area contributed by atoms with Crippen molar-refractivity contribution in [2.24, 2.45) is 23.7 Å². The summed E-state index contributed by atoms with van der Waals surface area (Å²) < 4.78 is 22.9. The van der Waals surface area contributed by atoms with Crippen LogP contribution in [-0.4, -0.2) is 257 Å². The van der Waals surface area contributed by atoms with Gasteiger partial charge in [0.05, 0.1) is 50.0 Å². The van der Waals surface area contributed by atoms with Crippen molar-refractivity contribution in [3.63, 3.8) is 0 Å². The van der Waals surface area contributed by atoms with E-state index in [0.717, 1.165) is 39.4 Å². The molecule has 11 N–H and O–H groups in total. The number of aliphatic hydroxyl groups is 1. The number of nitrogens with zero attached hydrogens (tertiary/aromatic N) is 5. The number of aliphatic carboxylic acids is 1. The van der Waals surface area contributed by atoms with Crippen LogP contribution in [0.2, 0.25) is 0 Å². The molecule has 0 aliphatic carbocycles. The van der Waals surface area contributed by atoms with Crippen molar-refractivity contribution in [1.82, 2.24) is 67.1 Å². The van der Waals surface area contributed by atoms with Crippen molar-refractivity contribution < 1.29 is 106 Å². The number of benzene rings is 1. The molecule has 2 aromatic rings. The van der Waals surface area contributed by atoms with Gasteiger partial charge in [0.2, 0.25) is 59.1 Å². The van der Waals surface area contributed by atoms with E-state index in [9.17, 15) is 86.9 Å². The van der Waals surface area contributed by atoms with E-state index in [1.54, 1.807) is 53.7 Å². The first-order chi connectivity index (χ1) is 51.7. The lowest BCUT2D eigenvalue weighted by molar-refractivity contribution is -0.149. The third-order valence-corrected chi connectivity index (χ3v) is 19.8. The summed E-state index contributed by atoms with van der Waals surface area (Å²) >= 11 is 1.01. The van der Waals surface area contributed by atoms with Gasteiger partial charge in [-0.15, -0.1) is 11.3 Å². The van der Waals surface area contributed by atoms with Gasteiger partial charge in [0.15, 0.2) is 11.9 Å². The van der Waals surface area contributed by atoms with Crippen LogP contribution < -0.4 is 52.6 Å².